The second-order valence-corrected chi connectivity index (χ2v) is 7.92. The molecule has 1 amide bonds. The molecule has 1 spiro atoms. The molecule has 25 heavy (non-hydrogen) atoms. The molecule has 2 aliphatic heterocycles. The van der Waals surface area contributed by atoms with Crippen LogP contribution in [0.2, 0.25) is 0 Å². The van der Waals surface area contributed by atoms with Gasteiger partial charge in [-0.05, 0) is 49.1 Å². The van der Waals surface area contributed by atoms with Crippen LogP contribution in [-0.2, 0) is 16.1 Å². The molecular formula is C19H25N3O3. The van der Waals surface area contributed by atoms with E-state index in [4.69, 9.17) is 0 Å². The minimum Gasteiger partial charge on any atom is -0.480 e. The van der Waals surface area contributed by atoms with Crippen molar-refractivity contribution in [2.45, 2.75) is 44.7 Å². The van der Waals surface area contributed by atoms with Gasteiger partial charge in [-0.3, -0.25) is 19.5 Å². The second-order valence-electron chi connectivity index (χ2n) is 7.92. The van der Waals surface area contributed by atoms with Gasteiger partial charge in [0.2, 0.25) is 5.91 Å². The van der Waals surface area contributed by atoms with Crippen molar-refractivity contribution in [1.82, 2.24) is 14.8 Å². The predicted molar refractivity (Wildman–Crippen MR) is 91.7 cm³/mol. The van der Waals surface area contributed by atoms with Crippen molar-refractivity contribution < 1.29 is 14.7 Å². The van der Waals surface area contributed by atoms with Crippen molar-refractivity contribution >= 4 is 11.9 Å². The molecule has 1 aliphatic carbocycles. The third-order valence-electron chi connectivity index (χ3n) is 6.06. The average Bonchev–Trinajstić information content (AvgIpc) is 3.40. The topological polar surface area (TPSA) is 73.7 Å². The van der Waals surface area contributed by atoms with E-state index in [1.54, 1.807) is 12.4 Å². The summed E-state index contributed by atoms with van der Waals surface area (Å²) in [7, 11) is 0. The molecule has 0 unspecified atom stereocenters. The van der Waals surface area contributed by atoms with Gasteiger partial charge in [-0.1, -0.05) is 6.07 Å². The Morgan fingerprint density at radius 2 is 2.04 bits per heavy atom. The Morgan fingerprint density at radius 1 is 1.28 bits per heavy atom. The fraction of sp³-hybridized carbons (Fsp3) is 0.632. The maximum Gasteiger partial charge on any atom is 0.320 e. The molecule has 134 valence electrons. The van der Waals surface area contributed by atoms with E-state index >= 15 is 0 Å². The van der Waals surface area contributed by atoms with Gasteiger partial charge in [0.1, 0.15) is 6.04 Å². The summed E-state index contributed by atoms with van der Waals surface area (Å²) in [6.07, 6.45) is 8.14. The van der Waals surface area contributed by atoms with Crippen molar-refractivity contribution in [3.8, 4) is 0 Å². The lowest BCUT2D eigenvalue weighted by Gasteiger charge is -2.39. The first-order chi connectivity index (χ1) is 12.1. The van der Waals surface area contributed by atoms with E-state index in [0.29, 0.717) is 18.9 Å². The quantitative estimate of drug-likeness (QED) is 0.902. The van der Waals surface area contributed by atoms with Gasteiger partial charge in [-0.2, -0.15) is 0 Å². The highest BCUT2D eigenvalue weighted by Gasteiger charge is 2.49. The number of rotatable bonds is 4. The number of pyridine rings is 1. The highest BCUT2D eigenvalue weighted by Crippen LogP contribution is 2.44. The number of likely N-dealkylation sites (tertiary alicyclic amines) is 2. The number of hydrogen-bond acceptors (Lipinski definition) is 4. The van der Waals surface area contributed by atoms with Crippen molar-refractivity contribution in [2.75, 3.05) is 19.6 Å². The van der Waals surface area contributed by atoms with Crippen LogP contribution in [-0.4, -0.2) is 57.4 Å². The SMILES string of the molecule is O=C(O)[C@@H]1CC2(CCN(C(=O)C3CC3)CC2)CN1Cc1cccnc1. The van der Waals surface area contributed by atoms with Crippen LogP contribution in [0.3, 0.4) is 0 Å². The van der Waals surface area contributed by atoms with Gasteiger partial charge in [0, 0.05) is 44.5 Å². The number of carbonyl (C=O) groups excluding carboxylic acids is 1. The molecule has 1 atom stereocenters. The van der Waals surface area contributed by atoms with E-state index in [2.05, 4.69) is 9.88 Å². The fourth-order valence-corrected chi connectivity index (χ4v) is 4.43. The summed E-state index contributed by atoms with van der Waals surface area (Å²) in [6.45, 7) is 2.98. The smallest absolute Gasteiger partial charge is 0.320 e. The summed E-state index contributed by atoms with van der Waals surface area (Å²) in [5, 5.41) is 9.68. The molecule has 1 aromatic heterocycles. The van der Waals surface area contributed by atoms with Gasteiger partial charge in [-0.25, -0.2) is 0 Å². The number of carboxylic acids is 1. The van der Waals surface area contributed by atoms with Crippen LogP contribution in [0.25, 0.3) is 0 Å². The number of nitrogens with zero attached hydrogens (tertiary/aromatic N) is 3. The molecule has 0 bridgehead atoms. The molecule has 3 fully saturated rings. The van der Waals surface area contributed by atoms with Crippen molar-refractivity contribution in [3.05, 3.63) is 30.1 Å². The van der Waals surface area contributed by atoms with Crippen LogP contribution in [0.15, 0.2) is 24.5 Å². The van der Waals surface area contributed by atoms with E-state index in [9.17, 15) is 14.7 Å². The lowest BCUT2D eigenvalue weighted by molar-refractivity contribution is -0.142. The Morgan fingerprint density at radius 3 is 2.64 bits per heavy atom. The van der Waals surface area contributed by atoms with Crippen LogP contribution in [0.5, 0.6) is 0 Å². The van der Waals surface area contributed by atoms with Crippen LogP contribution >= 0.6 is 0 Å². The number of amides is 1. The van der Waals surface area contributed by atoms with E-state index < -0.39 is 12.0 Å². The second kappa shape index (κ2) is 6.41. The third-order valence-corrected chi connectivity index (χ3v) is 6.06. The molecule has 2 saturated heterocycles. The zero-order valence-electron chi connectivity index (χ0n) is 14.4. The fourth-order valence-electron chi connectivity index (χ4n) is 4.43. The van der Waals surface area contributed by atoms with Gasteiger partial charge in [0.15, 0.2) is 0 Å². The highest BCUT2D eigenvalue weighted by molar-refractivity contribution is 5.81. The number of carbonyl (C=O) groups is 2. The number of carboxylic acid groups (broad SMARTS) is 1. The first-order valence-corrected chi connectivity index (χ1v) is 9.21. The summed E-state index contributed by atoms with van der Waals surface area (Å²) in [5.74, 6) is -0.154. The van der Waals surface area contributed by atoms with Gasteiger partial charge in [0.05, 0.1) is 0 Å². The van der Waals surface area contributed by atoms with E-state index in [-0.39, 0.29) is 11.3 Å². The zero-order chi connectivity index (χ0) is 17.4. The predicted octanol–water partition coefficient (Wildman–Crippen LogP) is 1.76. The standard InChI is InChI=1S/C19H25N3O3/c23-17(15-3-4-15)21-8-5-19(6-9-21)10-16(18(24)25)22(13-19)12-14-2-1-7-20-11-14/h1-2,7,11,15-16H,3-6,8-10,12-13H2,(H,24,25)/t16-/m0/s1. The molecule has 3 heterocycles. The molecular weight excluding hydrogens is 318 g/mol. The summed E-state index contributed by atoms with van der Waals surface area (Å²) >= 11 is 0. The Hall–Kier alpha value is -1.95. The first-order valence-electron chi connectivity index (χ1n) is 9.21. The zero-order valence-corrected chi connectivity index (χ0v) is 14.4. The Kier molecular flexibility index (Phi) is 4.23. The molecule has 6 nitrogen and oxygen atoms in total. The van der Waals surface area contributed by atoms with Crippen LogP contribution < -0.4 is 0 Å². The molecule has 1 aromatic rings. The maximum absolute atomic E-state index is 12.3. The molecule has 4 rings (SSSR count). The minimum absolute atomic E-state index is 0.0333. The normalized spacial score (nSPS) is 26.1. The Labute approximate surface area is 147 Å². The number of piperidine rings is 1. The summed E-state index contributed by atoms with van der Waals surface area (Å²) in [4.78, 5) is 32.3. The summed E-state index contributed by atoms with van der Waals surface area (Å²) in [6, 6.07) is 3.44. The van der Waals surface area contributed by atoms with Crippen LogP contribution in [0.4, 0.5) is 0 Å². The summed E-state index contributed by atoms with van der Waals surface area (Å²) in [5.41, 5.74) is 1.08. The monoisotopic (exact) mass is 343 g/mol. The van der Waals surface area contributed by atoms with E-state index in [0.717, 1.165) is 50.9 Å². The van der Waals surface area contributed by atoms with Gasteiger partial charge >= 0.3 is 5.97 Å². The minimum atomic E-state index is -0.739. The molecule has 6 heteroatoms. The van der Waals surface area contributed by atoms with Gasteiger partial charge < -0.3 is 10.0 Å². The Balaban J connectivity index is 1.43. The molecule has 0 aromatic carbocycles. The molecule has 3 aliphatic rings. The lowest BCUT2D eigenvalue weighted by Crippen LogP contribution is -2.44. The molecule has 1 saturated carbocycles. The van der Waals surface area contributed by atoms with E-state index in [1.807, 2.05) is 17.0 Å². The average molecular weight is 343 g/mol. The van der Waals surface area contributed by atoms with E-state index in [1.165, 1.54) is 0 Å². The highest BCUT2D eigenvalue weighted by atomic mass is 16.4. The Bertz CT molecular complexity index is 651. The number of aliphatic carboxylic acids is 1. The first kappa shape index (κ1) is 16.5. The van der Waals surface area contributed by atoms with Crippen LogP contribution in [0, 0.1) is 11.3 Å². The van der Waals surface area contributed by atoms with Crippen molar-refractivity contribution in [2.24, 2.45) is 11.3 Å². The summed E-state index contributed by atoms with van der Waals surface area (Å²) < 4.78 is 0. The van der Waals surface area contributed by atoms with Gasteiger partial charge in [0.25, 0.3) is 0 Å². The number of aromatic nitrogens is 1. The molecule has 0 radical (unpaired) electrons. The van der Waals surface area contributed by atoms with Crippen LogP contribution in [0.1, 0.15) is 37.7 Å². The maximum atomic E-state index is 12.3. The van der Waals surface area contributed by atoms with Crippen molar-refractivity contribution in [3.63, 3.8) is 0 Å². The lowest BCUT2D eigenvalue weighted by atomic mass is 9.76. The third kappa shape index (κ3) is 3.40. The largest absolute Gasteiger partial charge is 0.480 e. The van der Waals surface area contributed by atoms with Crippen molar-refractivity contribution in [1.29, 1.82) is 0 Å². The number of hydrogen-bond donors (Lipinski definition) is 1. The van der Waals surface area contributed by atoms with Gasteiger partial charge in [-0.15, -0.1) is 0 Å². The molecule has 1 N–H and O–H groups in total.